The minimum atomic E-state index is -4.37. The number of rotatable bonds is 4. The van der Waals surface area contributed by atoms with Crippen molar-refractivity contribution in [3.63, 3.8) is 0 Å². The Morgan fingerprint density at radius 2 is 1.52 bits per heavy atom. The zero-order chi connectivity index (χ0) is 19.4. The van der Waals surface area contributed by atoms with Gasteiger partial charge in [-0.25, -0.2) is 4.79 Å². The van der Waals surface area contributed by atoms with Crippen LogP contribution in [0.1, 0.15) is 5.56 Å². The van der Waals surface area contributed by atoms with Crippen molar-refractivity contribution in [2.24, 2.45) is 0 Å². The number of hydrogen-bond donors (Lipinski definition) is 3. The molecule has 3 aromatic carbocycles. The highest BCUT2D eigenvalue weighted by molar-refractivity contribution is 7.86. The molecule has 3 aromatic rings. The summed E-state index contributed by atoms with van der Waals surface area (Å²) < 4.78 is 32.9. The molecule has 6 nitrogen and oxygen atoms in total. The number of nitrogens with one attached hydrogen (secondary N) is 2. The standard InChI is InChI=1S/C20H18N2O4S/c1-14-10-11-19(27(24,25)26)18(12-14)15-6-5-9-17(13-15)22-20(23)21-16-7-3-2-4-8-16/h2-13H,1H3,(H2,21,22,23)(H,24,25,26). The van der Waals surface area contributed by atoms with E-state index < -0.39 is 16.1 Å². The summed E-state index contributed by atoms with van der Waals surface area (Å²) in [7, 11) is -4.37. The van der Waals surface area contributed by atoms with Gasteiger partial charge in [0.2, 0.25) is 0 Å². The molecule has 0 aromatic heterocycles. The van der Waals surface area contributed by atoms with Crippen molar-refractivity contribution in [3.05, 3.63) is 78.4 Å². The molecule has 0 bridgehead atoms. The van der Waals surface area contributed by atoms with Gasteiger partial charge < -0.3 is 10.6 Å². The van der Waals surface area contributed by atoms with Crippen LogP contribution in [0.3, 0.4) is 0 Å². The fraction of sp³-hybridized carbons (Fsp3) is 0.0500. The van der Waals surface area contributed by atoms with Gasteiger partial charge in [0.15, 0.2) is 0 Å². The van der Waals surface area contributed by atoms with Gasteiger partial charge in [0, 0.05) is 16.9 Å². The summed E-state index contributed by atoms with van der Waals surface area (Å²) >= 11 is 0. The first-order chi connectivity index (χ1) is 12.8. The number of aryl methyl sites for hydroxylation is 1. The van der Waals surface area contributed by atoms with Gasteiger partial charge in [-0.15, -0.1) is 0 Å². The lowest BCUT2D eigenvalue weighted by molar-refractivity contribution is 0.262. The van der Waals surface area contributed by atoms with Crippen LogP contribution < -0.4 is 10.6 Å². The number of urea groups is 1. The Hall–Kier alpha value is -3.16. The van der Waals surface area contributed by atoms with Crippen molar-refractivity contribution in [2.45, 2.75) is 11.8 Å². The molecule has 0 aliphatic heterocycles. The molecule has 3 N–H and O–H groups in total. The lowest BCUT2D eigenvalue weighted by Gasteiger charge is -2.12. The number of carbonyl (C=O) groups is 1. The number of amides is 2. The van der Waals surface area contributed by atoms with Gasteiger partial charge in [-0.1, -0.05) is 48.0 Å². The second-order valence-corrected chi connectivity index (χ2v) is 7.39. The average Bonchev–Trinajstić information content (AvgIpc) is 2.61. The SMILES string of the molecule is Cc1ccc(S(=O)(=O)O)c(-c2cccc(NC(=O)Nc3ccccc3)c2)c1. The van der Waals surface area contributed by atoms with Gasteiger partial charge in [-0.2, -0.15) is 8.42 Å². The van der Waals surface area contributed by atoms with Crippen LogP contribution in [0.25, 0.3) is 11.1 Å². The molecule has 7 heteroatoms. The first-order valence-electron chi connectivity index (χ1n) is 8.14. The normalized spacial score (nSPS) is 11.0. The molecule has 0 saturated heterocycles. The minimum absolute atomic E-state index is 0.181. The van der Waals surface area contributed by atoms with Gasteiger partial charge in [0.05, 0.1) is 0 Å². The van der Waals surface area contributed by atoms with Crippen LogP contribution in [0.2, 0.25) is 0 Å². The first-order valence-corrected chi connectivity index (χ1v) is 9.58. The molecule has 27 heavy (non-hydrogen) atoms. The molecule has 0 atom stereocenters. The molecule has 2 amide bonds. The quantitative estimate of drug-likeness (QED) is 0.577. The topological polar surface area (TPSA) is 95.5 Å². The summed E-state index contributed by atoms with van der Waals surface area (Å²) in [4.78, 5) is 12.0. The van der Waals surface area contributed by atoms with Crippen molar-refractivity contribution in [1.82, 2.24) is 0 Å². The molecular formula is C20H18N2O4S. The van der Waals surface area contributed by atoms with Crippen LogP contribution in [-0.2, 0) is 10.1 Å². The number of benzene rings is 3. The van der Waals surface area contributed by atoms with E-state index in [1.165, 1.54) is 6.07 Å². The number of para-hydroxylation sites is 1. The fourth-order valence-corrected chi connectivity index (χ4v) is 3.37. The lowest BCUT2D eigenvalue weighted by atomic mass is 10.0. The molecule has 0 heterocycles. The zero-order valence-electron chi connectivity index (χ0n) is 14.5. The van der Waals surface area contributed by atoms with E-state index in [1.807, 2.05) is 25.1 Å². The average molecular weight is 382 g/mol. The fourth-order valence-electron chi connectivity index (χ4n) is 2.67. The monoisotopic (exact) mass is 382 g/mol. The molecule has 0 spiro atoms. The summed E-state index contributed by atoms with van der Waals surface area (Å²) in [6.45, 7) is 1.83. The van der Waals surface area contributed by atoms with E-state index in [2.05, 4.69) is 10.6 Å². The maximum absolute atomic E-state index is 12.2. The second kappa shape index (κ2) is 7.61. The highest BCUT2D eigenvalue weighted by Gasteiger charge is 2.17. The van der Waals surface area contributed by atoms with Crippen LogP contribution in [0, 0.1) is 6.92 Å². The van der Waals surface area contributed by atoms with E-state index in [0.717, 1.165) is 5.56 Å². The van der Waals surface area contributed by atoms with Gasteiger partial charge in [-0.05, 0) is 42.8 Å². The smallest absolute Gasteiger partial charge is 0.308 e. The van der Waals surface area contributed by atoms with Crippen LogP contribution in [0.4, 0.5) is 16.2 Å². The highest BCUT2D eigenvalue weighted by atomic mass is 32.2. The van der Waals surface area contributed by atoms with Crippen molar-refractivity contribution >= 4 is 27.5 Å². The summed E-state index contributed by atoms with van der Waals surface area (Å²) in [6, 6.07) is 20.0. The Bertz CT molecular complexity index is 1080. The van der Waals surface area contributed by atoms with Gasteiger partial charge in [0.25, 0.3) is 10.1 Å². The van der Waals surface area contributed by atoms with Crippen LogP contribution in [0.5, 0.6) is 0 Å². The van der Waals surface area contributed by atoms with E-state index in [4.69, 9.17) is 0 Å². The summed E-state index contributed by atoms with van der Waals surface area (Å²) in [6.07, 6.45) is 0. The Balaban J connectivity index is 1.88. The van der Waals surface area contributed by atoms with Gasteiger partial charge in [-0.3, -0.25) is 4.55 Å². The zero-order valence-corrected chi connectivity index (χ0v) is 15.3. The van der Waals surface area contributed by atoms with Crippen molar-refractivity contribution in [3.8, 4) is 11.1 Å². The molecule has 0 saturated carbocycles. The second-order valence-electron chi connectivity index (χ2n) is 6.00. The highest BCUT2D eigenvalue weighted by Crippen LogP contribution is 2.30. The molecule has 0 fully saturated rings. The van der Waals surface area contributed by atoms with Crippen molar-refractivity contribution < 1.29 is 17.8 Å². The Morgan fingerprint density at radius 1 is 0.852 bits per heavy atom. The number of hydrogen-bond acceptors (Lipinski definition) is 3. The number of anilines is 2. The third-order valence-electron chi connectivity index (χ3n) is 3.88. The van der Waals surface area contributed by atoms with Gasteiger partial charge in [0.1, 0.15) is 4.90 Å². The molecule has 3 rings (SSSR count). The first kappa shape index (κ1) is 18.6. The maximum atomic E-state index is 12.2. The third kappa shape index (κ3) is 4.72. The maximum Gasteiger partial charge on any atom is 0.323 e. The molecule has 0 aliphatic carbocycles. The summed E-state index contributed by atoms with van der Waals surface area (Å²) in [5.41, 5.74) is 2.91. The van der Waals surface area contributed by atoms with E-state index in [9.17, 15) is 17.8 Å². The lowest BCUT2D eigenvalue weighted by Crippen LogP contribution is -2.19. The van der Waals surface area contributed by atoms with E-state index >= 15 is 0 Å². The minimum Gasteiger partial charge on any atom is -0.308 e. The Kier molecular flexibility index (Phi) is 5.25. The predicted molar refractivity (Wildman–Crippen MR) is 106 cm³/mol. The third-order valence-corrected chi connectivity index (χ3v) is 4.79. The van der Waals surface area contributed by atoms with Crippen molar-refractivity contribution in [1.29, 1.82) is 0 Å². The van der Waals surface area contributed by atoms with Gasteiger partial charge >= 0.3 is 6.03 Å². The van der Waals surface area contributed by atoms with Crippen LogP contribution in [0.15, 0.2) is 77.7 Å². The number of carbonyl (C=O) groups excluding carboxylic acids is 1. The van der Waals surface area contributed by atoms with E-state index in [-0.39, 0.29) is 4.90 Å². The molecule has 138 valence electrons. The largest absolute Gasteiger partial charge is 0.323 e. The molecular weight excluding hydrogens is 364 g/mol. The molecule has 0 aliphatic rings. The van der Waals surface area contributed by atoms with E-state index in [0.29, 0.717) is 22.5 Å². The van der Waals surface area contributed by atoms with Crippen LogP contribution in [-0.4, -0.2) is 19.0 Å². The Morgan fingerprint density at radius 3 is 2.22 bits per heavy atom. The van der Waals surface area contributed by atoms with Crippen LogP contribution >= 0.6 is 0 Å². The summed E-state index contributed by atoms with van der Waals surface area (Å²) in [5.74, 6) is 0. The predicted octanol–water partition coefficient (Wildman–Crippen LogP) is 4.55. The summed E-state index contributed by atoms with van der Waals surface area (Å²) in [5, 5.41) is 5.42. The Labute approximate surface area is 157 Å². The van der Waals surface area contributed by atoms with Crippen molar-refractivity contribution in [2.75, 3.05) is 10.6 Å². The van der Waals surface area contributed by atoms with E-state index in [1.54, 1.807) is 48.5 Å². The molecule has 0 radical (unpaired) electrons. The molecule has 0 unspecified atom stereocenters.